The third-order valence-corrected chi connectivity index (χ3v) is 4.57. The van der Waals surface area contributed by atoms with Crippen LogP contribution in [0.4, 0.5) is 0 Å². The quantitative estimate of drug-likeness (QED) is 0.693. The Morgan fingerprint density at radius 3 is 2.03 bits per heavy atom. The molecule has 1 heterocycles. The summed E-state index contributed by atoms with van der Waals surface area (Å²) in [5.74, 6) is -1.46. The zero-order chi connectivity index (χ0) is 21.5. The summed E-state index contributed by atoms with van der Waals surface area (Å²) in [6.07, 6.45) is -2.62. The number of carbonyl (C=O) groups excluding carboxylic acids is 3. The van der Waals surface area contributed by atoms with E-state index >= 15 is 0 Å². The highest BCUT2D eigenvalue weighted by Gasteiger charge is 2.48. The van der Waals surface area contributed by atoms with Crippen LogP contribution >= 0.6 is 0 Å². The Labute approximate surface area is 174 Å². The molecule has 4 atom stereocenters. The molecular formula is C22H23NO7. The van der Waals surface area contributed by atoms with E-state index in [1.807, 2.05) is 0 Å². The van der Waals surface area contributed by atoms with Gasteiger partial charge < -0.3 is 24.3 Å². The van der Waals surface area contributed by atoms with Crippen LogP contribution in [0.3, 0.4) is 0 Å². The molecule has 1 amide bonds. The smallest absolute Gasteiger partial charge is 0.338 e. The largest absolute Gasteiger partial charge is 0.459 e. The third-order valence-electron chi connectivity index (χ3n) is 4.57. The van der Waals surface area contributed by atoms with Gasteiger partial charge >= 0.3 is 11.9 Å². The average molecular weight is 413 g/mol. The molecule has 1 aliphatic rings. The minimum absolute atomic E-state index is 0.184. The van der Waals surface area contributed by atoms with Crippen LogP contribution in [0, 0.1) is 0 Å². The molecule has 2 aromatic carbocycles. The average Bonchev–Trinajstić information content (AvgIpc) is 3.08. The molecule has 0 bridgehead atoms. The first-order chi connectivity index (χ1) is 14.5. The molecule has 1 N–H and O–H groups in total. The molecule has 0 radical (unpaired) electrons. The van der Waals surface area contributed by atoms with Crippen LogP contribution in [0.5, 0.6) is 0 Å². The fraction of sp³-hybridized carbons (Fsp3) is 0.318. The van der Waals surface area contributed by atoms with Crippen molar-refractivity contribution in [3.63, 3.8) is 0 Å². The summed E-state index contributed by atoms with van der Waals surface area (Å²) < 4.78 is 22.1. The molecule has 8 nitrogen and oxygen atoms in total. The Morgan fingerprint density at radius 2 is 1.50 bits per heavy atom. The highest BCUT2D eigenvalue weighted by molar-refractivity contribution is 5.90. The van der Waals surface area contributed by atoms with Crippen molar-refractivity contribution in [2.75, 3.05) is 13.7 Å². The molecule has 1 saturated heterocycles. The van der Waals surface area contributed by atoms with Crippen LogP contribution < -0.4 is 5.32 Å². The summed E-state index contributed by atoms with van der Waals surface area (Å²) in [5.41, 5.74) is 0.731. The van der Waals surface area contributed by atoms with Crippen molar-refractivity contribution in [3.8, 4) is 0 Å². The first-order valence-electron chi connectivity index (χ1n) is 9.43. The van der Waals surface area contributed by atoms with Crippen LogP contribution in [-0.2, 0) is 23.7 Å². The highest BCUT2D eigenvalue weighted by Crippen LogP contribution is 2.26. The second-order valence-corrected chi connectivity index (χ2v) is 6.71. The fourth-order valence-electron chi connectivity index (χ4n) is 3.17. The van der Waals surface area contributed by atoms with Gasteiger partial charge in [0, 0.05) is 14.0 Å². The van der Waals surface area contributed by atoms with Crippen molar-refractivity contribution in [3.05, 3.63) is 71.8 Å². The second kappa shape index (κ2) is 10.00. The number of hydrogen-bond donors (Lipinski definition) is 1. The molecule has 158 valence electrons. The zero-order valence-corrected chi connectivity index (χ0v) is 16.6. The Hall–Kier alpha value is -3.23. The predicted molar refractivity (Wildman–Crippen MR) is 106 cm³/mol. The monoisotopic (exact) mass is 413 g/mol. The molecule has 0 unspecified atom stereocenters. The van der Waals surface area contributed by atoms with E-state index in [9.17, 15) is 14.4 Å². The van der Waals surface area contributed by atoms with Gasteiger partial charge in [0.25, 0.3) is 0 Å². The minimum Gasteiger partial charge on any atom is -0.459 e. The maximum atomic E-state index is 12.6. The lowest BCUT2D eigenvalue weighted by Crippen LogP contribution is -2.49. The van der Waals surface area contributed by atoms with Gasteiger partial charge in [0.15, 0.2) is 12.4 Å². The molecule has 1 fully saturated rings. The number of esters is 2. The van der Waals surface area contributed by atoms with Gasteiger partial charge in [-0.1, -0.05) is 36.4 Å². The van der Waals surface area contributed by atoms with Crippen LogP contribution in [0.1, 0.15) is 27.6 Å². The van der Waals surface area contributed by atoms with Gasteiger partial charge in [0.2, 0.25) is 5.91 Å². The van der Waals surface area contributed by atoms with Crippen molar-refractivity contribution in [1.29, 1.82) is 0 Å². The van der Waals surface area contributed by atoms with Gasteiger partial charge in [-0.25, -0.2) is 9.59 Å². The highest BCUT2D eigenvalue weighted by atomic mass is 16.7. The lowest BCUT2D eigenvalue weighted by Gasteiger charge is -2.24. The Morgan fingerprint density at radius 1 is 0.933 bits per heavy atom. The third kappa shape index (κ3) is 5.22. The normalized spacial score (nSPS) is 22.9. The number of ether oxygens (including phenoxy) is 4. The zero-order valence-electron chi connectivity index (χ0n) is 16.6. The van der Waals surface area contributed by atoms with Gasteiger partial charge in [-0.05, 0) is 24.3 Å². The van der Waals surface area contributed by atoms with Crippen molar-refractivity contribution in [2.45, 2.75) is 31.5 Å². The summed E-state index contributed by atoms with van der Waals surface area (Å²) >= 11 is 0. The van der Waals surface area contributed by atoms with E-state index < -0.39 is 36.5 Å². The molecule has 2 aromatic rings. The summed E-state index contributed by atoms with van der Waals surface area (Å²) in [4.78, 5) is 36.5. The van der Waals surface area contributed by atoms with Gasteiger partial charge in [-0.2, -0.15) is 0 Å². The van der Waals surface area contributed by atoms with E-state index in [-0.39, 0.29) is 12.5 Å². The van der Waals surface area contributed by atoms with Crippen molar-refractivity contribution < 1.29 is 33.3 Å². The van der Waals surface area contributed by atoms with E-state index in [1.165, 1.54) is 14.0 Å². The molecule has 3 rings (SSSR count). The summed E-state index contributed by atoms with van der Waals surface area (Å²) in [7, 11) is 1.41. The molecule has 1 aliphatic heterocycles. The van der Waals surface area contributed by atoms with Gasteiger partial charge in [0.05, 0.1) is 11.1 Å². The van der Waals surface area contributed by atoms with Crippen molar-refractivity contribution in [1.82, 2.24) is 5.32 Å². The van der Waals surface area contributed by atoms with Gasteiger partial charge in [-0.3, -0.25) is 4.79 Å². The van der Waals surface area contributed by atoms with Crippen molar-refractivity contribution >= 4 is 17.8 Å². The molecule has 0 aliphatic carbocycles. The van der Waals surface area contributed by atoms with Crippen LogP contribution in [0.25, 0.3) is 0 Å². The molecular weight excluding hydrogens is 390 g/mol. The number of amides is 1. The lowest BCUT2D eigenvalue weighted by atomic mass is 10.1. The van der Waals surface area contributed by atoms with Crippen LogP contribution in [0.15, 0.2) is 60.7 Å². The number of carbonyl (C=O) groups is 3. The number of methoxy groups -OCH3 is 1. The molecule has 0 spiro atoms. The molecule has 0 saturated carbocycles. The van der Waals surface area contributed by atoms with Gasteiger partial charge in [-0.15, -0.1) is 0 Å². The first kappa shape index (κ1) is 21.5. The Balaban J connectivity index is 1.75. The fourth-order valence-corrected chi connectivity index (χ4v) is 3.17. The van der Waals surface area contributed by atoms with Crippen molar-refractivity contribution in [2.24, 2.45) is 0 Å². The SMILES string of the molecule is CO[C@H]1O[C@@H](COC(=O)c2ccccc2)[C@@H](OC(=O)c2ccccc2)[C@@H]1NC(C)=O. The van der Waals surface area contributed by atoms with E-state index in [1.54, 1.807) is 60.7 Å². The topological polar surface area (TPSA) is 100 Å². The van der Waals surface area contributed by atoms with Crippen LogP contribution in [-0.4, -0.2) is 56.1 Å². The summed E-state index contributed by atoms with van der Waals surface area (Å²) in [6.45, 7) is 1.15. The number of benzene rings is 2. The Kier molecular flexibility index (Phi) is 7.16. The van der Waals surface area contributed by atoms with Crippen LogP contribution in [0.2, 0.25) is 0 Å². The van der Waals surface area contributed by atoms with E-state index in [4.69, 9.17) is 18.9 Å². The maximum Gasteiger partial charge on any atom is 0.338 e. The minimum atomic E-state index is -0.921. The lowest BCUT2D eigenvalue weighted by molar-refractivity contribution is -0.138. The second-order valence-electron chi connectivity index (χ2n) is 6.71. The summed E-state index contributed by atoms with van der Waals surface area (Å²) in [6, 6.07) is 16.2. The molecule has 8 heteroatoms. The van der Waals surface area contributed by atoms with E-state index in [0.717, 1.165) is 0 Å². The number of hydrogen-bond acceptors (Lipinski definition) is 7. The number of nitrogens with one attached hydrogen (secondary N) is 1. The van der Waals surface area contributed by atoms with E-state index in [0.29, 0.717) is 11.1 Å². The standard InChI is InChI=1S/C22H23NO7/c1-14(24)23-18-19(30-21(26)16-11-7-4-8-12-16)17(29-22(18)27-2)13-28-20(25)15-9-5-3-6-10-15/h3-12,17-19,22H,13H2,1-2H3,(H,23,24)/t17-,18-,19+,22-/m0/s1. The summed E-state index contributed by atoms with van der Waals surface area (Å²) in [5, 5.41) is 2.69. The molecule has 30 heavy (non-hydrogen) atoms. The Bertz CT molecular complexity index is 872. The first-order valence-corrected chi connectivity index (χ1v) is 9.43. The van der Waals surface area contributed by atoms with Gasteiger partial charge in [0.1, 0.15) is 18.8 Å². The molecule has 0 aromatic heterocycles. The predicted octanol–water partition coefficient (Wildman–Crippen LogP) is 1.95. The maximum absolute atomic E-state index is 12.6. The van der Waals surface area contributed by atoms with E-state index in [2.05, 4.69) is 5.32 Å². The number of rotatable bonds is 7.